The highest BCUT2D eigenvalue weighted by molar-refractivity contribution is 5.86. The average Bonchev–Trinajstić information content (AvgIpc) is 2.89. The molecule has 3 fully saturated rings. The minimum Gasteiger partial charge on any atom is -0.497 e. The lowest BCUT2D eigenvalue weighted by Gasteiger charge is -2.32. The van der Waals surface area contributed by atoms with Gasteiger partial charge in [-0.05, 0) is 36.6 Å². The van der Waals surface area contributed by atoms with Gasteiger partial charge in [0.25, 0.3) is 0 Å². The Morgan fingerprint density at radius 2 is 2.10 bits per heavy atom. The van der Waals surface area contributed by atoms with Gasteiger partial charge in [-0.1, -0.05) is 6.07 Å². The predicted octanol–water partition coefficient (Wildman–Crippen LogP) is 1.29. The van der Waals surface area contributed by atoms with E-state index in [9.17, 15) is 9.59 Å². The molecule has 3 heterocycles. The summed E-state index contributed by atoms with van der Waals surface area (Å²) < 4.78 is 11.2. The topological polar surface area (TPSA) is 62.3 Å². The maximum absolute atomic E-state index is 12.9. The van der Waals surface area contributed by atoms with Crippen LogP contribution in [0.1, 0.15) is 24.0 Å². The monoisotopic (exact) mass is 401 g/mol. The van der Waals surface area contributed by atoms with Crippen molar-refractivity contribution < 1.29 is 19.1 Å². The van der Waals surface area contributed by atoms with E-state index in [1.165, 1.54) is 11.1 Å². The van der Waals surface area contributed by atoms with Crippen molar-refractivity contribution in [1.29, 1.82) is 0 Å². The summed E-state index contributed by atoms with van der Waals surface area (Å²) in [5.74, 6) is 1.34. The zero-order valence-corrected chi connectivity index (χ0v) is 17.4. The lowest BCUT2D eigenvalue weighted by atomic mass is 10.1. The first-order valence-electron chi connectivity index (χ1n) is 10.5. The number of carbonyl (C=O) groups excluding carboxylic acids is 2. The molecule has 7 heteroatoms. The Balaban J connectivity index is 1.45. The van der Waals surface area contributed by atoms with Crippen LogP contribution in [0.15, 0.2) is 18.2 Å². The number of carbonyl (C=O) groups is 2. The molecule has 29 heavy (non-hydrogen) atoms. The van der Waals surface area contributed by atoms with E-state index in [0.717, 1.165) is 25.3 Å². The molecule has 3 saturated heterocycles. The number of methoxy groups -OCH3 is 1. The average molecular weight is 402 g/mol. The van der Waals surface area contributed by atoms with E-state index >= 15 is 0 Å². The van der Waals surface area contributed by atoms with E-state index in [1.807, 2.05) is 11.0 Å². The fraction of sp³-hybridized carbons (Fsp3) is 0.636. The Labute approximate surface area is 172 Å². The van der Waals surface area contributed by atoms with Crippen molar-refractivity contribution in [2.45, 2.75) is 32.4 Å². The fourth-order valence-corrected chi connectivity index (χ4v) is 4.65. The number of benzene rings is 1. The maximum atomic E-state index is 12.9. The first-order chi connectivity index (χ1) is 14.0. The molecule has 0 saturated carbocycles. The molecule has 2 atom stereocenters. The highest BCUT2D eigenvalue weighted by Crippen LogP contribution is 2.25. The quantitative estimate of drug-likeness (QED) is 0.744. The zero-order chi connectivity index (χ0) is 20.4. The standard InChI is InChI=1S/C22H31N3O4/c1-16-8-20(28-2)6-5-18(16)11-24-9-17-10-25(12-19(24)15-29-14-17)22(27)13-23-7-3-4-21(23)26/h5-6,8,17,19H,3-4,7,9-15H2,1-2H3/t17-,19+/m1/s1. The minimum absolute atomic E-state index is 0.0691. The predicted molar refractivity (Wildman–Crippen MR) is 109 cm³/mol. The molecule has 3 aliphatic rings. The van der Waals surface area contributed by atoms with Crippen molar-refractivity contribution in [2.24, 2.45) is 5.92 Å². The molecular weight excluding hydrogens is 370 g/mol. The number of likely N-dealkylation sites (tertiary alicyclic amines) is 1. The molecule has 2 bridgehead atoms. The third kappa shape index (κ3) is 4.56. The first-order valence-corrected chi connectivity index (χ1v) is 10.5. The van der Waals surface area contributed by atoms with Crippen LogP contribution in [0.3, 0.4) is 0 Å². The van der Waals surface area contributed by atoms with Gasteiger partial charge in [-0.15, -0.1) is 0 Å². The lowest BCUT2D eigenvalue weighted by molar-refractivity contribution is -0.139. The summed E-state index contributed by atoms with van der Waals surface area (Å²) in [6.45, 7) is 7.48. The molecule has 1 aromatic rings. The Morgan fingerprint density at radius 1 is 1.24 bits per heavy atom. The molecule has 0 aromatic heterocycles. The van der Waals surface area contributed by atoms with E-state index in [-0.39, 0.29) is 24.4 Å². The second kappa shape index (κ2) is 8.71. The van der Waals surface area contributed by atoms with Gasteiger partial charge in [-0.25, -0.2) is 0 Å². The summed E-state index contributed by atoms with van der Waals surface area (Å²) in [6, 6.07) is 6.37. The van der Waals surface area contributed by atoms with Gasteiger partial charge in [0.2, 0.25) is 11.8 Å². The molecule has 3 aliphatic heterocycles. The van der Waals surface area contributed by atoms with Gasteiger partial charge in [-0.2, -0.15) is 0 Å². The van der Waals surface area contributed by atoms with Crippen LogP contribution in [0.25, 0.3) is 0 Å². The smallest absolute Gasteiger partial charge is 0.242 e. The highest BCUT2D eigenvalue weighted by Gasteiger charge is 2.36. The molecule has 2 amide bonds. The lowest BCUT2D eigenvalue weighted by Crippen LogP contribution is -2.48. The number of hydrogen-bond acceptors (Lipinski definition) is 5. The third-order valence-electron chi connectivity index (χ3n) is 6.36. The van der Waals surface area contributed by atoms with Crippen molar-refractivity contribution in [2.75, 3.05) is 53.0 Å². The van der Waals surface area contributed by atoms with Gasteiger partial charge in [0.05, 0.1) is 32.9 Å². The maximum Gasteiger partial charge on any atom is 0.242 e. The van der Waals surface area contributed by atoms with Gasteiger partial charge < -0.3 is 19.3 Å². The van der Waals surface area contributed by atoms with Gasteiger partial charge in [0.15, 0.2) is 0 Å². The summed E-state index contributed by atoms with van der Waals surface area (Å²) in [4.78, 5) is 31.0. The SMILES string of the molecule is COc1ccc(CN2C[C@H]3COC[C@@H]2CN(C(=O)CN2CCCC2=O)C3)c(C)c1. The molecule has 0 N–H and O–H groups in total. The van der Waals surface area contributed by atoms with Gasteiger partial charge in [0.1, 0.15) is 5.75 Å². The summed E-state index contributed by atoms with van der Waals surface area (Å²) in [5, 5.41) is 0. The van der Waals surface area contributed by atoms with Crippen LogP contribution in [-0.2, 0) is 20.9 Å². The molecule has 1 aromatic carbocycles. The number of nitrogens with zero attached hydrogens (tertiary/aromatic N) is 3. The van der Waals surface area contributed by atoms with Crippen molar-refractivity contribution in [3.8, 4) is 5.75 Å². The minimum atomic E-state index is 0.0691. The van der Waals surface area contributed by atoms with E-state index in [0.29, 0.717) is 45.2 Å². The van der Waals surface area contributed by atoms with Crippen LogP contribution in [0.5, 0.6) is 5.75 Å². The number of hydrogen-bond donors (Lipinski definition) is 0. The Morgan fingerprint density at radius 3 is 2.83 bits per heavy atom. The summed E-state index contributed by atoms with van der Waals surface area (Å²) in [7, 11) is 1.69. The van der Waals surface area contributed by atoms with Crippen LogP contribution < -0.4 is 4.74 Å². The second-order valence-corrected chi connectivity index (χ2v) is 8.50. The number of rotatable bonds is 5. The van der Waals surface area contributed by atoms with Crippen LogP contribution in [-0.4, -0.2) is 85.6 Å². The number of amides is 2. The van der Waals surface area contributed by atoms with E-state index < -0.39 is 0 Å². The van der Waals surface area contributed by atoms with Gasteiger partial charge >= 0.3 is 0 Å². The normalized spacial score (nSPS) is 25.2. The zero-order valence-electron chi connectivity index (χ0n) is 17.4. The number of fused-ring (bicyclic) bond motifs is 3. The first kappa shape index (κ1) is 20.2. The number of aryl methyl sites for hydroxylation is 1. The molecule has 158 valence electrons. The summed E-state index contributed by atoms with van der Waals surface area (Å²) in [5.41, 5.74) is 2.49. The van der Waals surface area contributed by atoms with Crippen molar-refractivity contribution in [3.63, 3.8) is 0 Å². The molecule has 0 radical (unpaired) electrons. The molecule has 4 rings (SSSR count). The van der Waals surface area contributed by atoms with Crippen molar-refractivity contribution in [1.82, 2.24) is 14.7 Å². The van der Waals surface area contributed by atoms with Gasteiger partial charge in [-0.3, -0.25) is 14.5 Å². The Hall–Kier alpha value is -2.12. The molecule has 7 nitrogen and oxygen atoms in total. The van der Waals surface area contributed by atoms with E-state index in [2.05, 4.69) is 24.0 Å². The van der Waals surface area contributed by atoms with Crippen molar-refractivity contribution >= 4 is 11.8 Å². The molecule has 0 spiro atoms. The third-order valence-corrected chi connectivity index (χ3v) is 6.36. The highest BCUT2D eigenvalue weighted by atomic mass is 16.5. The molecule has 0 aliphatic carbocycles. The largest absolute Gasteiger partial charge is 0.497 e. The van der Waals surface area contributed by atoms with Crippen LogP contribution in [0.2, 0.25) is 0 Å². The van der Waals surface area contributed by atoms with Gasteiger partial charge in [0, 0.05) is 45.1 Å². The summed E-state index contributed by atoms with van der Waals surface area (Å²) >= 11 is 0. The van der Waals surface area contributed by atoms with Crippen LogP contribution in [0.4, 0.5) is 0 Å². The Bertz CT molecular complexity index is 768. The number of ether oxygens (including phenoxy) is 2. The fourth-order valence-electron chi connectivity index (χ4n) is 4.65. The van der Waals surface area contributed by atoms with E-state index in [4.69, 9.17) is 9.47 Å². The Kier molecular flexibility index (Phi) is 6.06. The molecule has 0 unspecified atom stereocenters. The summed E-state index contributed by atoms with van der Waals surface area (Å²) in [6.07, 6.45) is 1.43. The second-order valence-electron chi connectivity index (χ2n) is 8.50. The van der Waals surface area contributed by atoms with E-state index in [1.54, 1.807) is 12.0 Å². The molecular formula is C22H31N3O4. The van der Waals surface area contributed by atoms with Crippen molar-refractivity contribution in [3.05, 3.63) is 29.3 Å². The van der Waals surface area contributed by atoms with Crippen LogP contribution >= 0.6 is 0 Å². The van der Waals surface area contributed by atoms with Crippen LogP contribution in [0, 0.1) is 12.8 Å².